The van der Waals surface area contributed by atoms with Crippen molar-refractivity contribution in [1.82, 2.24) is 9.97 Å². The summed E-state index contributed by atoms with van der Waals surface area (Å²) < 4.78 is 0. The summed E-state index contributed by atoms with van der Waals surface area (Å²) in [4.78, 5) is 15.4. The first-order valence-electron chi connectivity index (χ1n) is 7.01. The van der Waals surface area contributed by atoms with E-state index in [1.54, 1.807) is 11.3 Å². The summed E-state index contributed by atoms with van der Waals surface area (Å²) in [6.07, 6.45) is 2.82. The minimum atomic E-state index is -0.0866. The molecular weight excluding hydrogens is 278 g/mol. The van der Waals surface area contributed by atoms with Crippen molar-refractivity contribution in [3.05, 3.63) is 58.0 Å². The number of fused-ring (bicyclic) bond motifs is 2. The summed E-state index contributed by atoms with van der Waals surface area (Å²) in [5.74, 6) is 0. The minimum Gasteiger partial charge on any atom is -0.275 e. The van der Waals surface area contributed by atoms with Gasteiger partial charge in [-0.1, -0.05) is 12.1 Å². The summed E-state index contributed by atoms with van der Waals surface area (Å²) in [5.41, 5.74) is 4.96. The molecule has 0 spiro atoms. The molecule has 0 amide bonds. The van der Waals surface area contributed by atoms with Crippen molar-refractivity contribution >= 4 is 28.1 Å². The van der Waals surface area contributed by atoms with Crippen LogP contribution in [0.5, 0.6) is 0 Å². The zero-order valence-corrected chi connectivity index (χ0v) is 12.8. The highest BCUT2D eigenvalue weighted by atomic mass is 32.1. The van der Waals surface area contributed by atoms with Crippen LogP contribution in [0, 0.1) is 0 Å². The molecule has 104 valence electrons. The van der Waals surface area contributed by atoms with E-state index in [0.29, 0.717) is 0 Å². The van der Waals surface area contributed by atoms with Gasteiger partial charge in [-0.2, -0.15) is 0 Å². The Kier molecular flexibility index (Phi) is 2.69. The molecule has 3 nitrogen and oxygen atoms in total. The Labute approximate surface area is 127 Å². The van der Waals surface area contributed by atoms with Crippen molar-refractivity contribution in [2.75, 3.05) is 0 Å². The van der Waals surface area contributed by atoms with Crippen LogP contribution in [0.4, 0.5) is 0 Å². The molecule has 0 unspecified atom stereocenters. The average molecular weight is 293 g/mol. The van der Waals surface area contributed by atoms with E-state index in [0.717, 1.165) is 28.9 Å². The fourth-order valence-corrected chi connectivity index (χ4v) is 3.71. The maximum absolute atomic E-state index is 4.93. The van der Waals surface area contributed by atoms with Crippen LogP contribution in [0.1, 0.15) is 30.0 Å². The number of hydrogen-bond donors (Lipinski definition) is 0. The highest BCUT2D eigenvalue weighted by molar-refractivity contribution is 7.12. The monoisotopic (exact) mass is 293 g/mol. The van der Waals surface area contributed by atoms with E-state index in [1.807, 2.05) is 30.5 Å². The Hall–Kier alpha value is -2.07. The van der Waals surface area contributed by atoms with Crippen LogP contribution in [0.15, 0.2) is 46.9 Å². The fraction of sp³-hybridized carbons (Fsp3) is 0.235. The average Bonchev–Trinajstić information content (AvgIpc) is 2.92. The molecule has 0 aliphatic carbocycles. The molecule has 0 saturated heterocycles. The lowest BCUT2D eigenvalue weighted by Crippen LogP contribution is -2.28. The lowest BCUT2D eigenvalue weighted by molar-refractivity contribution is 0.515. The second-order valence-electron chi connectivity index (χ2n) is 5.97. The third-order valence-electron chi connectivity index (χ3n) is 3.69. The van der Waals surface area contributed by atoms with Gasteiger partial charge in [0.25, 0.3) is 0 Å². The zero-order valence-electron chi connectivity index (χ0n) is 12.0. The van der Waals surface area contributed by atoms with Crippen LogP contribution in [-0.2, 0) is 6.42 Å². The summed E-state index contributed by atoms with van der Waals surface area (Å²) >= 11 is 1.74. The van der Waals surface area contributed by atoms with Crippen LogP contribution in [0.25, 0.3) is 11.0 Å². The fourth-order valence-electron chi connectivity index (χ4n) is 2.79. The highest BCUT2D eigenvalue weighted by Crippen LogP contribution is 2.32. The maximum Gasteiger partial charge on any atom is 0.109 e. The van der Waals surface area contributed by atoms with Crippen molar-refractivity contribution in [2.45, 2.75) is 25.8 Å². The van der Waals surface area contributed by atoms with Crippen molar-refractivity contribution < 1.29 is 0 Å². The van der Waals surface area contributed by atoms with E-state index < -0.39 is 0 Å². The van der Waals surface area contributed by atoms with Crippen LogP contribution in [0.2, 0.25) is 0 Å². The van der Waals surface area contributed by atoms with Gasteiger partial charge in [0.2, 0.25) is 0 Å². The summed E-state index contributed by atoms with van der Waals surface area (Å²) in [6, 6.07) is 10.1. The number of rotatable bonds is 1. The minimum absolute atomic E-state index is 0.0866. The second-order valence-corrected chi connectivity index (χ2v) is 6.88. The van der Waals surface area contributed by atoms with Crippen molar-refractivity contribution in [3.8, 4) is 0 Å². The lowest BCUT2D eigenvalue weighted by Gasteiger charge is -2.26. The van der Waals surface area contributed by atoms with Gasteiger partial charge >= 0.3 is 0 Å². The molecule has 0 radical (unpaired) electrons. The third kappa shape index (κ3) is 2.16. The van der Waals surface area contributed by atoms with Gasteiger partial charge in [0.05, 0.1) is 27.6 Å². The molecule has 4 rings (SSSR count). The number of hydrogen-bond acceptors (Lipinski definition) is 4. The first-order chi connectivity index (χ1) is 10.1. The first-order valence-corrected chi connectivity index (χ1v) is 7.89. The van der Waals surface area contributed by atoms with Gasteiger partial charge in [0.1, 0.15) is 11.4 Å². The third-order valence-corrected chi connectivity index (χ3v) is 4.65. The van der Waals surface area contributed by atoms with Gasteiger partial charge in [-0.3, -0.25) is 9.98 Å². The predicted molar refractivity (Wildman–Crippen MR) is 87.3 cm³/mol. The Bertz CT molecular complexity index is 861. The first kappa shape index (κ1) is 12.7. The molecule has 3 heterocycles. The van der Waals surface area contributed by atoms with E-state index in [4.69, 9.17) is 9.98 Å². The maximum atomic E-state index is 4.93. The Morgan fingerprint density at radius 3 is 2.76 bits per heavy atom. The quantitative estimate of drug-likeness (QED) is 0.683. The smallest absolute Gasteiger partial charge is 0.109 e. The summed E-state index contributed by atoms with van der Waals surface area (Å²) in [7, 11) is 0. The Morgan fingerprint density at radius 2 is 1.90 bits per heavy atom. The SMILES string of the molecule is CC1(C)Cc2ccsc2C(c2cnc3ccccc3n2)=N1. The number of benzene rings is 1. The molecule has 2 aromatic heterocycles. The van der Waals surface area contributed by atoms with Crippen molar-refractivity contribution in [1.29, 1.82) is 0 Å². The molecule has 0 atom stereocenters. The molecule has 1 aliphatic rings. The normalized spacial score (nSPS) is 16.6. The van der Waals surface area contributed by atoms with E-state index in [1.165, 1.54) is 10.4 Å². The van der Waals surface area contributed by atoms with Gasteiger partial charge < -0.3 is 0 Å². The van der Waals surface area contributed by atoms with Crippen LogP contribution in [0.3, 0.4) is 0 Å². The predicted octanol–water partition coefficient (Wildman–Crippen LogP) is 3.86. The van der Waals surface area contributed by atoms with Gasteiger partial charge in [-0.15, -0.1) is 11.3 Å². The highest BCUT2D eigenvalue weighted by Gasteiger charge is 2.29. The largest absolute Gasteiger partial charge is 0.275 e. The molecule has 1 aliphatic heterocycles. The van der Waals surface area contributed by atoms with Gasteiger partial charge in [-0.25, -0.2) is 4.98 Å². The molecule has 0 N–H and O–H groups in total. The van der Waals surface area contributed by atoms with Gasteiger partial charge in [0.15, 0.2) is 0 Å². The topological polar surface area (TPSA) is 38.1 Å². The molecule has 3 aromatic rings. The molecule has 0 saturated carbocycles. The summed E-state index contributed by atoms with van der Waals surface area (Å²) in [6.45, 7) is 4.34. The van der Waals surface area contributed by atoms with E-state index in [9.17, 15) is 0 Å². The zero-order chi connectivity index (χ0) is 14.4. The summed E-state index contributed by atoms with van der Waals surface area (Å²) in [5, 5.41) is 2.13. The van der Waals surface area contributed by atoms with E-state index in [-0.39, 0.29) is 5.54 Å². The number of aromatic nitrogens is 2. The lowest BCUT2D eigenvalue weighted by atomic mass is 9.91. The Balaban J connectivity index is 1.92. The van der Waals surface area contributed by atoms with E-state index >= 15 is 0 Å². The van der Waals surface area contributed by atoms with Gasteiger partial charge in [0, 0.05) is 0 Å². The standard InChI is InChI=1S/C17H15N3S/c1-17(2)9-11-7-8-21-16(11)15(20-17)14-10-18-12-5-3-4-6-13(12)19-14/h3-8,10H,9H2,1-2H3. The van der Waals surface area contributed by atoms with Crippen molar-refractivity contribution in [3.63, 3.8) is 0 Å². The second kappa shape index (κ2) is 4.46. The number of nitrogens with zero attached hydrogens (tertiary/aromatic N) is 3. The molecule has 21 heavy (non-hydrogen) atoms. The molecule has 4 heteroatoms. The van der Waals surface area contributed by atoms with Gasteiger partial charge in [-0.05, 0) is 49.4 Å². The molecular formula is C17H15N3S. The van der Waals surface area contributed by atoms with Crippen LogP contribution >= 0.6 is 11.3 Å². The van der Waals surface area contributed by atoms with E-state index in [2.05, 4.69) is 30.3 Å². The van der Waals surface area contributed by atoms with Crippen LogP contribution in [-0.4, -0.2) is 21.2 Å². The number of para-hydroxylation sites is 2. The Morgan fingerprint density at radius 1 is 1.10 bits per heavy atom. The molecule has 0 fully saturated rings. The van der Waals surface area contributed by atoms with Crippen LogP contribution < -0.4 is 0 Å². The molecule has 0 bridgehead atoms. The molecule has 1 aromatic carbocycles. The number of thiophene rings is 1. The van der Waals surface area contributed by atoms with Crippen molar-refractivity contribution in [2.24, 2.45) is 4.99 Å². The number of aliphatic imine (C=N–C) groups is 1.